The molecule has 1 aliphatic carbocycles. The van der Waals surface area contributed by atoms with Crippen LogP contribution in [-0.2, 0) is 9.59 Å². The Hall–Kier alpha value is -2.48. The summed E-state index contributed by atoms with van der Waals surface area (Å²) >= 11 is 1.42. The Kier molecular flexibility index (Phi) is 4.12. The van der Waals surface area contributed by atoms with Crippen LogP contribution in [0.15, 0.2) is 24.3 Å². The lowest BCUT2D eigenvalue weighted by Gasteiger charge is -2.19. The lowest BCUT2D eigenvalue weighted by molar-refractivity contribution is -0.122. The number of nitrogens with one attached hydrogen (secondary N) is 1. The summed E-state index contributed by atoms with van der Waals surface area (Å²) in [5, 5.41) is 12.4. The van der Waals surface area contributed by atoms with Gasteiger partial charge in [-0.25, -0.2) is 0 Å². The number of aromatic nitrogens is 2. The van der Waals surface area contributed by atoms with Crippen molar-refractivity contribution < 1.29 is 14.3 Å². The zero-order chi connectivity index (χ0) is 17.4. The molecule has 25 heavy (non-hydrogen) atoms. The molecule has 1 aromatic heterocycles. The molecule has 1 aliphatic heterocycles. The average molecular weight is 358 g/mol. The van der Waals surface area contributed by atoms with Crippen molar-refractivity contribution >= 4 is 34.0 Å². The predicted octanol–water partition coefficient (Wildman–Crippen LogP) is 2.42. The highest BCUT2D eigenvalue weighted by molar-refractivity contribution is 7.15. The molecule has 2 aliphatic rings. The van der Waals surface area contributed by atoms with Gasteiger partial charge in [-0.05, 0) is 25.0 Å². The van der Waals surface area contributed by atoms with Crippen molar-refractivity contribution in [1.29, 1.82) is 0 Å². The number of hydrogen-bond acceptors (Lipinski definition) is 6. The Morgan fingerprint density at radius 1 is 1.32 bits per heavy atom. The van der Waals surface area contributed by atoms with E-state index in [1.54, 1.807) is 18.1 Å². The van der Waals surface area contributed by atoms with Crippen LogP contribution in [0, 0.1) is 5.92 Å². The molecule has 1 saturated heterocycles. The van der Waals surface area contributed by atoms with Crippen molar-refractivity contribution in [2.45, 2.75) is 25.2 Å². The summed E-state index contributed by atoms with van der Waals surface area (Å²) in [6.45, 7) is 0.333. The van der Waals surface area contributed by atoms with Crippen LogP contribution in [0.2, 0.25) is 0 Å². The molecule has 0 spiro atoms. The van der Waals surface area contributed by atoms with Gasteiger partial charge in [0, 0.05) is 18.9 Å². The van der Waals surface area contributed by atoms with Crippen LogP contribution >= 0.6 is 11.3 Å². The summed E-state index contributed by atoms with van der Waals surface area (Å²) in [6.07, 6.45) is 2.47. The van der Waals surface area contributed by atoms with Crippen LogP contribution < -0.4 is 15.0 Å². The predicted molar refractivity (Wildman–Crippen MR) is 94.0 cm³/mol. The first kappa shape index (κ1) is 16.0. The molecule has 2 fully saturated rings. The molecule has 4 rings (SSSR count). The van der Waals surface area contributed by atoms with Gasteiger partial charge in [0.05, 0.1) is 18.7 Å². The molecule has 0 bridgehead atoms. The van der Waals surface area contributed by atoms with Gasteiger partial charge in [0.1, 0.15) is 10.8 Å². The van der Waals surface area contributed by atoms with Gasteiger partial charge < -0.3 is 15.0 Å². The lowest BCUT2D eigenvalue weighted by Crippen LogP contribution is -2.28. The first-order valence-electron chi connectivity index (χ1n) is 8.23. The third-order valence-corrected chi connectivity index (χ3v) is 5.47. The number of benzene rings is 1. The van der Waals surface area contributed by atoms with Gasteiger partial charge in [0.2, 0.25) is 16.9 Å². The molecule has 1 N–H and O–H groups in total. The molecule has 2 heterocycles. The molecule has 8 heteroatoms. The van der Waals surface area contributed by atoms with Crippen molar-refractivity contribution in [3.8, 4) is 5.75 Å². The maximum Gasteiger partial charge on any atom is 0.231 e. The maximum atomic E-state index is 12.5. The first-order valence-corrected chi connectivity index (χ1v) is 9.05. The topological polar surface area (TPSA) is 84.4 Å². The van der Waals surface area contributed by atoms with Crippen molar-refractivity contribution in [3.63, 3.8) is 0 Å². The van der Waals surface area contributed by atoms with Crippen LogP contribution in [0.5, 0.6) is 5.75 Å². The summed E-state index contributed by atoms with van der Waals surface area (Å²) < 4.78 is 5.32. The van der Waals surface area contributed by atoms with Gasteiger partial charge in [0.25, 0.3) is 0 Å². The number of hydrogen-bond donors (Lipinski definition) is 1. The Labute approximate surface area is 149 Å². The second-order valence-electron chi connectivity index (χ2n) is 6.29. The number of carbonyl (C=O) groups is 2. The van der Waals surface area contributed by atoms with Gasteiger partial charge in [-0.3, -0.25) is 9.59 Å². The maximum absolute atomic E-state index is 12.5. The number of nitrogens with zero attached hydrogens (tertiary/aromatic N) is 3. The zero-order valence-corrected chi connectivity index (χ0v) is 14.6. The van der Waals surface area contributed by atoms with Crippen LogP contribution in [-0.4, -0.2) is 35.7 Å². The van der Waals surface area contributed by atoms with E-state index in [9.17, 15) is 9.59 Å². The van der Waals surface area contributed by atoms with Gasteiger partial charge in [-0.2, -0.15) is 0 Å². The summed E-state index contributed by atoms with van der Waals surface area (Å²) in [5.74, 6) is 0.447. The van der Waals surface area contributed by atoms with E-state index in [4.69, 9.17) is 4.74 Å². The molecule has 1 unspecified atom stereocenters. The van der Waals surface area contributed by atoms with E-state index in [0.29, 0.717) is 29.0 Å². The van der Waals surface area contributed by atoms with Gasteiger partial charge in [0.15, 0.2) is 0 Å². The number of amides is 2. The lowest BCUT2D eigenvalue weighted by atomic mass is 10.1. The highest BCUT2D eigenvalue weighted by atomic mass is 32.1. The monoisotopic (exact) mass is 358 g/mol. The summed E-state index contributed by atoms with van der Waals surface area (Å²) in [6, 6.07) is 7.32. The third kappa shape index (κ3) is 3.21. The van der Waals surface area contributed by atoms with E-state index in [0.717, 1.165) is 17.8 Å². The molecule has 2 aromatic rings. The minimum atomic E-state index is -0.411. The molecule has 7 nitrogen and oxygen atoms in total. The highest BCUT2D eigenvalue weighted by Gasteiger charge is 2.36. The van der Waals surface area contributed by atoms with E-state index in [1.165, 1.54) is 11.3 Å². The van der Waals surface area contributed by atoms with Crippen molar-refractivity contribution in [2.75, 3.05) is 23.9 Å². The van der Waals surface area contributed by atoms with Gasteiger partial charge in [-0.15, -0.1) is 10.2 Å². The van der Waals surface area contributed by atoms with Gasteiger partial charge >= 0.3 is 0 Å². The summed E-state index contributed by atoms with van der Waals surface area (Å²) in [4.78, 5) is 26.5. The third-order valence-electron chi connectivity index (χ3n) is 4.47. The number of rotatable bonds is 5. The Bertz CT molecular complexity index is 818. The SMILES string of the molecule is COc1ccccc1N1CC(C(=O)Nc2nnc(C3CC3)s2)CC1=O. The van der Waals surface area contributed by atoms with E-state index in [1.807, 2.05) is 18.2 Å². The first-order chi connectivity index (χ1) is 12.2. The minimum absolute atomic E-state index is 0.0828. The number of anilines is 2. The van der Waals surface area contributed by atoms with E-state index in [2.05, 4.69) is 15.5 Å². The molecule has 1 atom stereocenters. The Morgan fingerprint density at radius 3 is 2.88 bits per heavy atom. The van der Waals surface area contributed by atoms with Gasteiger partial charge in [-0.1, -0.05) is 23.5 Å². The average Bonchev–Trinajstić information content (AvgIpc) is 3.25. The molecular formula is C17H18N4O3S. The zero-order valence-electron chi connectivity index (χ0n) is 13.8. The quantitative estimate of drug-likeness (QED) is 0.887. The van der Waals surface area contributed by atoms with Crippen molar-refractivity contribution in [1.82, 2.24) is 10.2 Å². The number of para-hydroxylation sites is 2. The molecule has 2 amide bonds. The normalized spacial score (nSPS) is 20.0. The van der Waals surface area contributed by atoms with Crippen LogP contribution in [0.4, 0.5) is 10.8 Å². The number of carbonyl (C=O) groups excluding carboxylic acids is 2. The molecule has 130 valence electrons. The smallest absolute Gasteiger partial charge is 0.231 e. The standard InChI is InChI=1S/C17H18N4O3S/c1-24-13-5-3-2-4-12(13)21-9-11(8-14(21)22)15(23)18-17-20-19-16(25-17)10-6-7-10/h2-5,10-11H,6-9H2,1H3,(H,18,20,23). The Balaban J connectivity index is 1.44. The number of methoxy groups -OCH3 is 1. The van der Waals surface area contributed by atoms with E-state index < -0.39 is 5.92 Å². The molecule has 1 saturated carbocycles. The largest absolute Gasteiger partial charge is 0.495 e. The summed E-state index contributed by atoms with van der Waals surface area (Å²) in [5.41, 5.74) is 0.692. The molecule has 1 aromatic carbocycles. The minimum Gasteiger partial charge on any atom is -0.495 e. The van der Waals surface area contributed by atoms with Crippen LogP contribution in [0.25, 0.3) is 0 Å². The van der Waals surface area contributed by atoms with E-state index >= 15 is 0 Å². The number of ether oxygens (including phenoxy) is 1. The van der Waals surface area contributed by atoms with Crippen LogP contribution in [0.3, 0.4) is 0 Å². The molecular weight excluding hydrogens is 340 g/mol. The molecule has 0 radical (unpaired) electrons. The Morgan fingerprint density at radius 2 is 2.12 bits per heavy atom. The summed E-state index contributed by atoms with van der Waals surface area (Å²) in [7, 11) is 1.57. The second-order valence-corrected chi connectivity index (χ2v) is 7.30. The fourth-order valence-electron chi connectivity index (χ4n) is 2.96. The second kappa shape index (κ2) is 6.44. The highest BCUT2D eigenvalue weighted by Crippen LogP contribution is 2.42. The fraction of sp³-hybridized carbons (Fsp3) is 0.412. The van der Waals surface area contributed by atoms with Crippen LogP contribution in [0.1, 0.15) is 30.2 Å². The van der Waals surface area contributed by atoms with Crippen molar-refractivity contribution in [2.24, 2.45) is 5.92 Å². The fourth-order valence-corrected chi connectivity index (χ4v) is 3.87. The van der Waals surface area contributed by atoms with E-state index in [-0.39, 0.29) is 18.2 Å². The van der Waals surface area contributed by atoms with Crippen molar-refractivity contribution in [3.05, 3.63) is 29.3 Å².